The fourth-order valence-corrected chi connectivity index (χ4v) is 4.59. The molecule has 2 aliphatic rings. The van der Waals surface area contributed by atoms with Crippen molar-refractivity contribution < 1.29 is 9.50 Å². The molecule has 2 nitrogen and oxygen atoms in total. The number of allylic oxidation sites excluding steroid dienone is 2. The number of aliphatic hydroxyl groups is 1. The van der Waals surface area contributed by atoms with Gasteiger partial charge in [-0.1, -0.05) is 37.3 Å². The predicted octanol–water partition coefficient (Wildman–Crippen LogP) is 6.04. The van der Waals surface area contributed by atoms with Gasteiger partial charge in [-0.3, -0.25) is 0 Å². The molecule has 1 heterocycles. The highest BCUT2D eigenvalue weighted by atomic mass is 19.1. The number of hydrogen-bond acceptors (Lipinski definition) is 2. The van der Waals surface area contributed by atoms with Crippen LogP contribution >= 0.6 is 0 Å². The number of fused-ring (bicyclic) bond motifs is 1. The van der Waals surface area contributed by atoms with Gasteiger partial charge in [-0.05, 0) is 72.7 Å². The minimum absolute atomic E-state index is 0.196. The van der Waals surface area contributed by atoms with E-state index in [1.807, 2.05) is 12.1 Å². The van der Waals surface area contributed by atoms with Crippen molar-refractivity contribution in [3.8, 4) is 11.1 Å². The Morgan fingerprint density at radius 1 is 1.19 bits per heavy atom. The van der Waals surface area contributed by atoms with Crippen molar-refractivity contribution in [1.29, 1.82) is 0 Å². The molecule has 2 aromatic carbocycles. The average molecular weight is 363 g/mol. The molecule has 0 fully saturated rings. The van der Waals surface area contributed by atoms with Crippen molar-refractivity contribution in [3.63, 3.8) is 0 Å². The highest BCUT2D eigenvalue weighted by molar-refractivity contribution is 5.75. The molecule has 0 aromatic heterocycles. The van der Waals surface area contributed by atoms with Crippen LogP contribution in [-0.4, -0.2) is 17.7 Å². The molecule has 0 bridgehead atoms. The summed E-state index contributed by atoms with van der Waals surface area (Å²) in [5.41, 5.74) is 4.65. The van der Waals surface area contributed by atoms with Crippen molar-refractivity contribution in [2.45, 2.75) is 38.6 Å². The Labute approximate surface area is 160 Å². The normalized spacial score (nSPS) is 21.7. The molecule has 0 saturated carbocycles. The Morgan fingerprint density at radius 2 is 2.04 bits per heavy atom. The van der Waals surface area contributed by atoms with Gasteiger partial charge in [0.2, 0.25) is 0 Å². The zero-order chi connectivity index (χ0) is 18.8. The summed E-state index contributed by atoms with van der Waals surface area (Å²) in [5.74, 6) is 0.508. The minimum Gasteiger partial charge on any atom is -0.508 e. The number of aliphatic hydroxyl groups excluding tert-OH is 1. The van der Waals surface area contributed by atoms with E-state index in [2.05, 4.69) is 36.1 Å². The number of halogens is 1. The summed E-state index contributed by atoms with van der Waals surface area (Å²) in [7, 11) is 0. The van der Waals surface area contributed by atoms with Gasteiger partial charge in [-0.15, -0.1) is 0 Å². The van der Waals surface area contributed by atoms with Gasteiger partial charge in [-0.25, -0.2) is 4.39 Å². The van der Waals surface area contributed by atoms with Crippen molar-refractivity contribution in [2.75, 3.05) is 11.4 Å². The summed E-state index contributed by atoms with van der Waals surface area (Å²) < 4.78 is 13.8. The zero-order valence-corrected chi connectivity index (χ0v) is 15.7. The lowest BCUT2D eigenvalue weighted by Crippen LogP contribution is -2.44. The van der Waals surface area contributed by atoms with Crippen LogP contribution in [0.4, 0.5) is 10.1 Å². The molecule has 1 aliphatic carbocycles. The molecule has 1 unspecified atom stereocenters. The minimum atomic E-state index is -0.196. The Kier molecular flexibility index (Phi) is 5.02. The summed E-state index contributed by atoms with van der Waals surface area (Å²) in [5, 5.41) is 9.96. The molecule has 0 spiro atoms. The second-order valence-electron chi connectivity index (χ2n) is 7.51. The molecule has 1 N–H and O–H groups in total. The first-order valence-corrected chi connectivity index (χ1v) is 9.89. The quantitative estimate of drug-likeness (QED) is 0.715. The summed E-state index contributed by atoms with van der Waals surface area (Å²) in [6.07, 6.45) is 9.92. The first-order chi connectivity index (χ1) is 13.2. The van der Waals surface area contributed by atoms with Crippen LogP contribution in [0.1, 0.15) is 31.7 Å². The molecule has 1 aliphatic heterocycles. The monoisotopic (exact) mass is 363 g/mol. The first kappa shape index (κ1) is 17.8. The molecule has 0 amide bonds. The highest BCUT2D eigenvalue weighted by Crippen LogP contribution is 2.40. The maximum atomic E-state index is 13.8. The van der Waals surface area contributed by atoms with E-state index in [4.69, 9.17) is 0 Å². The van der Waals surface area contributed by atoms with Crippen LogP contribution in [0.5, 0.6) is 0 Å². The molecular weight excluding hydrogens is 337 g/mol. The smallest absolute Gasteiger partial charge is 0.123 e. The number of benzene rings is 2. The van der Waals surface area contributed by atoms with E-state index in [1.165, 1.54) is 17.3 Å². The summed E-state index contributed by atoms with van der Waals surface area (Å²) >= 11 is 0. The Balaban J connectivity index is 1.74. The fourth-order valence-electron chi connectivity index (χ4n) is 4.59. The lowest BCUT2D eigenvalue weighted by molar-refractivity contribution is 0.382. The predicted molar refractivity (Wildman–Crippen MR) is 110 cm³/mol. The second kappa shape index (κ2) is 7.59. The second-order valence-corrected chi connectivity index (χ2v) is 7.51. The van der Waals surface area contributed by atoms with E-state index >= 15 is 0 Å². The third-order valence-corrected chi connectivity index (χ3v) is 5.73. The molecule has 2 atom stereocenters. The highest BCUT2D eigenvalue weighted by Gasteiger charge is 2.32. The lowest BCUT2D eigenvalue weighted by atomic mass is 9.82. The maximum absolute atomic E-state index is 13.8. The maximum Gasteiger partial charge on any atom is 0.123 e. The van der Waals surface area contributed by atoms with E-state index in [-0.39, 0.29) is 5.82 Å². The molecule has 3 heteroatoms. The summed E-state index contributed by atoms with van der Waals surface area (Å²) in [4.78, 5) is 2.51. The molecule has 0 radical (unpaired) electrons. The molecular formula is C24H26FNO. The van der Waals surface area contributed by atoms with Crippen LogP contribution in [0.25, 0.3) is 11.1 Å². The molecule has 2 aromatic rings. The largest absolute Gasteiger partial charge is 0.508 e. The van der Waals surface area contributed by atoms with Gasteiger partial charge in [-0.2, -0.15) is 0 Å². The fraction of sp³-hybridized carbons (Fsp3) is 0.333. The molecule has 4 rings (SSSR count). The van der Waals surface area contributed by atoms with Crippen LogP contribution in [0.2, 0.25) is 0 Å². The standard InChI is InChI=1S/C24H26FNO/c1-2-14-26-23(18-7-4-9-20(27)16-18)13-12-22-21(10-5-11-24(22)26)17-6-3-8-19(25)15-17/h3-6,8-11,15-16,18,23,27H,2,7,12-14H2,1H3/t18?,23-/m1/s1. The Hall–Kier alpha value is -2.55. The van der Waals surface area contributed by atoms with Gasteiger partial charge in [0.15, 0.2) is 0 Å². The van der Waals surface area contributed by atoms with Gasteiger partial charge < -0.3 is 10.0 Å². The van der Waals surface area contributed by atoms with Crippen LogP contribution in [0, 0.1) is 11.7 Å². The van der Waals surface area contributed by atoms with E-state index in [0.29, 0.717) is 17.7 Å². The van der Waals surface area contributed by atoms with Crippen LogP contribution in [-0.2, 0) is 6.42 Å². The van der Waals surface area contributed by atoms with Crippen molar-refractivity contribution >= 4 is 5.69 Å². The van der Waals surface area contributed by atoms with Crippen molar-refractivity contribution in [3.05, 3.63) is 77.8 Å². The van der Waals surface area contributed by atoms with E-state index in [1.54, 1.807) is 18.2 Å². The number of nitrogens with zero attached hydrogens (tertiary/aromatic N) is 1. The van der Waals surface area contributed by atoms with E-state index in [9.17, 15) is 9.50 Å². The lowest BCUT2D eigenvalue weighted by Gasteiger charge is -2.43. The zero-order valence-electron chi connectivity index (χ0n) is 15.7. The van der Waals surface area contributed by atoms with Crippen LogP contribution in [0.15, 0.2) is 66.5 Å². The average Bonchev–Trinajstić information content (AvgIpc) is 2.68. The summed E-state index contributed by atoms with van der Waals surface area (Å²) in [6, 6.07) is 13.6. The Morgan fingerprint density at radius 3 is 2.81 bits per heavy atom. The van der Waals surface area contributed by atoms with E-state index < -0.39 is 0 Å². The molecule has 0 saturated heterocycles. The van der Waals surface area contributed by atoms with Crippen LogP contribution < -0.4 is 4.90 Å². The number of rotatable bonds is 4. The first-order valence-electron chi connectivity index (χ1n) is 9.89. The number of anilines is 1. The molecule has 27 heavy (non-hydrogen) atoms. The third kappa shape index (κ3) is 3.51. The van der Waals surface area contributed by atoms with Gasteiger partial charge in [0, 0.05) is 24.2 Å². The van der Waals surface area contributed by atoms with Gasteiger partial charge in [0.25, 0.3) is 0 Å². The van der Waals surface area contributed by atoms with Crippen LogP contribution in [0.3, 0.4) is 0 Å². The van der Waals surface area contributed by atoms with E-state index in [0.717, 1.165) is 43.4 Å². The summed E-state index contributed by atoms with van der Waals surface area (Å²) in [6.45, 7) is 3.19. The SMILES string of the molecule is CCCN1c2cccc(-c3cccc(F)c3)c2CC[C@@H]1C1C=C(O)C=CC1. The number of hydrogen-bond donors (Lipinski definition) is 1. The topological polar surface area (TPSA) is 23.5 Å². The molecule has 140 valence electrons. The third-order valence-electron chi connectivity index (χ3n) is 5.73. The van der Waals surface area contributed by atoms with Gasteiger partial charge in [0.05, 0.1) is 0 Å². The van der Waals surface area contributed by atoms with Crippen molar-refractivity contribution in [1.82, 2.24) is 0 Å². The van der Waals surface area contributed by atoms with Crippen molar-refractivity contribution in [2.24, 2.45) is 5.92 Å². The van der Waals surface area contributed by atoms with Gasteiger partial charge >= 0.3 is 0 Å². The van der Waals surface area contributed by atoms with Gasteiger partial charge in [0.1, 0.15) is 11.6 Å². The Bertz CT molecular complexity index is 886.